The second kappa shape index (κ2) is 3.75. The molecule has 0 spiro atoms. The molecule has 1 fully saturated rings. The van der Waals surface area contributed by atoms with Crippen LogP contribution in [0.25, 0.3) is 0 Å². The lowest BCUT2D eigenvalue weighted by Crippen LogP contribution is -2.50. The van der Waals surface area contributed by atoms with Crippen LogP contribution in [-0.2, 0) is 0 Å². The third-order valence-corrected chi connectivity index (χ3v) is 3.24. The van der Waals surface area contributed by atoms with Crippen LogP contribution in [-0.4, -0.2) is 23.3 Å². The van der Waals surface area contributed by atoms with Crippen LogP contribution in [0.5, 0.6) is 0 Å². The molecular formula is C10H21NO. The first-order valence-electron chi connectivity index (χ1n) is 5.03. The molecule has 1 aliphatic rings. The van der Waals surface area contributed by atoms with Crippen molar-refractivity contribution in [3.63, 3.8) is 0 Å². The van der Waals surface area contributed by atoms with E-state index in [9.17, 15) is 5.11 Å². The number of hydrogen-bond donors (Lipinski definition) is 2. The Bertz CT molecular complexity index is 141. The fourth-order valence-electron chi connectivity index (χ4n) is 2.02. The molecule has 1 aliphatic heterocycles. The maximum atomic E-state index is 10.0. The first kappa shape index (κ1) is 10.0. The van der Waals surface area contributed by atoms with Gasteiger partial charge in [0.1, 0.15) is 0 Å². The summed E-state index contributed by atoms with van der Waals surface area (Å²) in [7, 11) is 0. The lowest BCUT2D eigenvalue weighted by molar-refractivity contribution is 0.0345. The zero-order chi connectivity index (χ0) is 9.19. The molecule has 0 saturated carbocycles. The summed E-state index contributed by atoms with van der Waals surface area (Å²) in [6.45, 7) is 7.45. The lowest BCUT2D eigenvalue weighted by Gasteiger charge is -2.34. The third-order valence-electron chi connectivity index (χ3n) is 3.24. The van der Waals surface area contributed by atoms with Gasteiger partial charge < -0.3 is 10.4 Å². The molecule has 0 bridgehead atoms. The predicted molar refractivity (Wildman–Crippen MR) is 51.1 cm³/mol. The Labute approximate surface area is 75.4 Å². The Hall–Kier alpha value is -0.0800. The normalized spacial score (nSPS) is 35.0. The monoisotopic (exact) mass is 171 g/mol. The van der Waals surface area contributed by atoms with Gasteiger partial charge in [0.25, 0.3) is 0 Å². The van der Waals surface area contributed by atoms with Gasteiger partial charge in [-0.1, -0.05) is 20.3 Å². The van der Waals surface area contributed by atoms with E-state index in [0.717, 1.165) is 19.4 Å². The fourth-order valence-corrected chi connectivity index (χ4v) is 2.02. The molecule has 72 valence electrons. The Morgan fingerprint density at radius 3 is 2.67 bits per heavy atom. The van der Waals surface area contributed by atoms with E-state index in [2.05, 4.69) is 26.1 Å². The summed E-state index contributed by atoms with van der Waals surface area (Å²) in [5.41, 5.74) is -0.0184. The molecule has 0 radical (unpaired) electrons. The molecule has 12 heavy (non-hydrogen) atoms. The van der Waals surface area contributed by atoms with Gasteiger partial charge in [-0.3, -0.25) is 0 Å². The zero-order valence-corrected chi connectivity index (χ0v) is 8.43. The molecule has 2 N–H and O–H groups in total. The van der Waals surface area contributed by atoms with Crippen LogP contribution < -0.4 is 5.32 Å². The number of rotatable bonds is 3. The summed E-state index contributed by atoms with van der Waals surface area (Å²) in [5.74, 6) is 0.403. The second-order valence-corrected chi connectivity index (χ2v) is 4.28. The molecule has 0 aromatic heterocycles. The highest BCUT2D eigenvalue weighted by molar-refractivity contribution is 4.96. The minimum absolute atomic E-state index is 0.0184. The van der Waals surface area contributed by atoms with Crippen molar-refractivity contribution in [2.45, 2.75) is 51.7 Å². The summed E-state index contributed by atoms with van der Waals surface area (Å²) in [6.07, 6.45) is 3.17. The first-order valence-corrected chi connectivity index (χ1v) is 5.03. The minimum atomic E-state index is -0.190. The molecule has 0 aromatic carbocycles. The van der Waals surface area contributed by atoms with Crippen molar-refractivity contribution < 1.29 is 5.11 Å². The van der Waals surface area contributed by atoms with E-state index >= 15 is 0 Å². The maximum absolute atomic E-state index is 10.0. The number of hydrogen-bond acceptors (Lipinski definition) is 2. The van der Waals surface area contributed by atoms with Crippen LogP contribution in [0.2, 0.25) is 0 Å². The van der Waals surface area contributed by atoms with Crippen LogP contribution in [0.4, 0.5) is 0 Å². The number of aliphatic hydroxyl groups excluding tert-OH is 1. The van der Waals surface area contributed by atoms with Gasteiger partial charge in [0.05, 0.1) is 6.10 Å². The summed E-state index contributed by atoms with van der Waals surface area (Å²) in [5, 5.41) is 13.4. The predicted octanol–water partition coefficient (Wildman–Crippen LogP) is 1.54. The molecule has 3 atom stereocenters. The van der Waals surface area contributed by atoms with E-state index in [1.165, 1.54) is 6.42 Å². The second-order valence-electron chi connectivity index (χ2n) is 4.28. The summed E-state index contributed by atoms with van der Waals surface area (Å²) >= 11 is 0. The zero-order valence-electron chi connectivity index (χ0n) is 8.43. The van der Waals surface area contributed by atoms with Crippen molar-refractivity contribution >= 4 is 0 Å². The quantitative estimate of drug-likeness (QED) is 0.675. The lowest BCUT2D eigenvalue weighted by atomic mass is 9.84. The molecule has 2 heteroatoms. The maximum Gasteiger partial charge on any atom is 0.0744 e. The Balaban J connectivity index is 2.54. The largest absolute Gasteiger partial charge is 0.391 e. The van der Waals surface area contributed by atoms with Crippen molar-refractivity contribution in [2.24, 2.45) is 5.92 Å². The Morgan fingerprint density at radius 2 is 2.25 bits per heavy atom. The van der Waals surface area contributed by atoms with Crippen molar-refractivity contribution in [3.05, 3.63) is 0 Å². The van der Waals surface area contributed by atoms with Gasteiger partial charge in [-0.05, 0) is 32.2 Å². The molecule has 0 aromatic rings. The molecule has 0 amide bonds. The van der Waals surface area contributed by atoms with Crippen molar-refractivity contribution in [2.75, 3.05) is 6.54 Å². The van der Waals surface area contributed by atoms with Gasteiger partial charge in [-0.15, -0.1) is 0 Å². The van der Waals surface area contributed by atoms with Crippen molar-refractivity contribution in [3.8, 4) is 0 Å². The van der Waals surface area contributed by atoms with Gasteiger partial charge in [0, 0.05) is 5.54 Å². The topological polar surface area (TPSA) is 32.3 Å². The van der Waals surface area contributed by atoms with Crippen LogP contribution in [0.15, 0.2) is 0 Å². The summed E-state index contributed by atoms with van der Waals surface area (Å²) < 4.78 is 0. The van der Waals surface area contributed by atoms with E-state index in [4.69, 9.17) is 0 Å². The van der Waals surface area contributed by atoms with Gasteiger partial charge in [0.2, 0.25) is 0 Å². The average Bonchev–Trinajstić information content (AvgIpc) is 2.50. The van der Waals surface area contributed by atoms with E-state index < -0.39 is 0 Å². The van der Waals surface area contributed by atoms with Gasteiger partial charge in [-0.2, -0.15) is 0 Å². The molecule has 3 unspecified atom stereocenters. The van der Waals surface area contributed by atoms with Crippen LogP contribution in [0, 0.1) is 5.92 Å². The average molecular weight is 171 g/mol. The van der Waals surface area contributed by atoms with Gasteiger partial charge in [-0.25, -0.2) is 0 Å². The molecule has 2 nitrogen and oxygen atoms in total. The van der Waals surface area contributed by atoms with Crippen LogP contribution in [0.1, 0.15) is 40.0 Å². The smallest absolute Gasteiger partial charge is 0.0744 e. The highest BCUT2D eigenvalue weighted by Crippen LogP contribution is 2.27. The van der Waals surface area contributed by atoms with E-state index in [0.29, 0.717) is 5.92 Å². The van der Waals surface area contributed by atoms with Crippen molar-refractivity contribution in [1.82, 2.24) is 5.32 Å². The highest BCUT2D eigenvalue weighted by atomic mass is 16.3. The number of aliphatic hydroxyl groups is 1. The Kier molecular flexibility index (Phi) is 3.13. The summed E-state index contributed by atoms with van der Waals surface area (Å²) in [4.78, 5) is 0. The number of nitrogens with one attached hydrogen (secondary N) is 1. The van der Waals surface area contributed by atoms with Crippen molar-refractivity contribution in [1.29, 1.82) is 0 Å². The standard InChI is InChI=1S/C10H21NO/c1-4-8(2)9(12)10(3)6-5-7-11-10/h8-9,11-12H,4-7H2,1-3H3. The minimum Gasteiger partial charge on any atom is -0.391 e. The van der Waals surface area contributed by atoms with E-state index in [-0.39, 0.29) is 11.6 Å². The molecule has 1 rings (SSSR count). The van der Waals surface area contributed by atoms with Crippen LogP contribution in [0.3, 0.4) is 0 Å². The molecule has 1 heterocycles. The molecule has 0 aliphatic carbocycles. The van der Waals surface area contributed by atoms with Gasteiger partial charge in [0.15, 0.2) is 0 Å². The van der Waals surface area contributed by atoms with Crippen LogP contribution >= 0.6 is 0 Å². The summed E-state index contributed by atoms with van der Waals surface area (Å²) in [6, 6.07) is 0. The Morgan fingerprint density at radius 1 is 1.58 bits per heavy atom. The highest BCUT2D eigenvalue weighted by Gasteiger charge is 2.37. The van der Waals surface area contributed by atoms with E-state index in [1.807, 2.05) is 0 Å². The van der Waals surface area contributed by atoms with Gasteiger partial charge >= 0.3 is 0 Å². The fraction of sp³-hybridized carbons (Fsp3) is 1.00. The molecule has 1 saturated heterocycles. The SMILES string of the molecule is CCC(C)C(O)C1(C)CCCN1. The third kappa shape index (κ3) is 1.80. The molecular weight excluding hydrogens is 150 g/mol. The van der Waals surface area contributed by atoms with E-state index in [1.54, 1.807) is 0 Å². The first-order chi connectivity index (χ1) is 5.60.